The third kappa shape index (κ3) is 5.17. The first kappa shape index (κ1) is 22.7. The van der Waals surface area contributed by atoms with Gasteiger partial charge in [0.05, 0.1) is 0 Å². The maximum Gasteiger partial charge on any atom is 0.293 e. The maximum atomic E-state index is 13.0. The van der Waals surface area contributed by atoms with Gasteiger partial charge in [0, 0.05) is 55.2 Å². The second kappa shape index (κ2) is 9.62. The molecule has 34 heavy (non-hydrogen) atoms. The molecular formula is C26H34N6O2. The minimum Gasteiger partial charge on any atom is -0.365 e. The van der Waals surface area contributed by atoms with Crippen molar-refractivity contribution in [2.24, 2.45) is 11.8 Å². The first-order chi connectivity index (χ1) is 16.5. The van der Waals surface area contributed by atoms with Crippen LogP contribution in [0, 0.1) is 25.7 Å². The van der Waals surface area contributed by atoms with Crippen LogP contribution >= 0.6 is 0 Å². The van der Waals surface area contributed by atoms with Crippen LogP contribution in [0.4, 0.5) is 5.82 Å². The van der Waals surface area contributed by atoms with Crippen molar-refractivity contribution in [2.45, 2.75) is 46.2 Å². The highest BCUT2D eigenvalue weighted by molar-refractivity contribution is 5.83. The number of aryl methyl sites for hydroxylation is 2. The van der Waals surface area contributed by atoms with E-state index in [1.165, 1.54) is 29.5 Å². The fraction of sp³-hybridized carbons (Fsp3) is 0.500. The van der Waals surface area contributed by atoms with Crippen LogP contribution in [0.25, 0.3) is 10.9 Å². The van der Waals surface area contributed by atoms with E-state index < -0.39 is 0 Å². The number of fused-ring (bicyclic) bond motifs is 1. The van der Waals surface area contributed by atoms with E-state index >= 15 is 0 Å². The second-order valence-corrected chi connectivity index (χ2v) is 10.0. The summed E-state index contributed by atoms with van der Waals surface area (Å²) in [6.45, 7) is 8.45. The zero-order chi connectivity index (χ0) is 23.7. The van der Waals surface area contributed by atoms with Gasteiger partial charge in [-0.15, -0.1) is 0 Å². The van der Waals surface area contributed by atoms with Crippen LogP contribution in [-0.4, -0.2) is 51.5 Å². The lowest BCUT2D eigenvalue weighted by molar-refractivity contribution is -0.121. The highest BCUT2D eigenvalue weighted by Gasteiger charge is 2.29. The van der Waals surface area contributed by atoms with Crippen molar-refractivity contribution in [3.63, 3.8) is 0 Å². The van der Waals surface area contributed by atoms with Crippen LogP contribution in [0.5, 0.6) is 0 Å². The number of carbonyl (C=O) groups is 1. The van der Waals surface area contributed by atoms with Gasteiger partial charge in [-0.3, -0.25) is 14.2 Å². The summed E-state index contributed by atoms with van der Waals surface area (Å²) in [6, 6.07) is 6.11. The van der Waals surface area contributed by atoms with E-state index in [4.69, 9.17) is 0 Å². The first-order valence-electron chi connectivity index (χ1n) is 12.3. The number of hydrogen-bond acceptors (Lipinski definition) is 5. The Bertz CT molecular complexity index is 1240. The average molecular weight is 463 g/mol. The Labute approximate surface area is 199 Å². The summed E-state index contributed by atoms with van der Waals surface area (Å²) in [5, 5.41) is 7.36. The molecule has 1 aliphatic carbocycles. The topological polar surface area (TPSA) is 95.0 Å². The summed E-state index contributed by atoms with van der Waals surface area (Å²) in [7, 11) is 0. The van der Waals surface area contributed by atoms with Crippen LogP contribution in [-0.2, 0) is 17.9 Å². The van der Waals surface area contributed by atoms with Crippen LogP contribution < -0.4 is 16.2 Å². The predicted molar refractivity (Wildman–Crippen MR) is 134 cm³/mol. The predicted octanol–water partition coefficient (Wildman–Crippen LogP) is 2.80. The molecule has 1 aromatic carbocycles. The number of hydrogen-bond donors (Lipinski definition) is 3. The molecule has 180 valence electrons. The summed E-state index contributed by atoms with van der Waals surface area (Å²) in [4.78, 5) is 35.8. The number of amides is 1. The van der Waals surface area contributed by atoms with Crippen molar-refractivity contribution in [1.29, 1.82) is 0 Å². The van der Waals surface area contributed by atoms with Crippen molar-refractivity contribution in [3.8, 4) is 0 Å². The van der Waals surface area contributed by atoms with Crippen LogP contribution in [0.1, 0.15) is 36.1 Å². The van der Waals surface area contributed by atoms with Gasteiger partial charge in [0.25, 0.3) is 5.56 Å². The smallest absolute Gasteiger partial charge is 0.293 e. The fourth-order valence-corrected chi connectivity index (χ4v) is 4.86. The van der Waals surface area contributed by atoms with E-state index in [0.717, 1.165) is 48.4 Å². The van der Waals surface area contributed by atoms with Crippen molar-refractivity contribution in [2.75, 3.05) is 31.5 Å². The molecule has 3 heterocycles. The van der Waals surface area contributed by atoms with E-state index in [9.17, 15) is 9.59 Å². The number of nitrogens with one attached hydrogen (secondary N) is 3. The van der Waals surface area contributed by atoms with Crippen molar-refractivity contribution in [1.82, 2.24) is 24.8 Å². The Kier molecular flexibility index (Phi) is 6.41. The molecule has 8 nitrogen and oxygen atoms in total. The number of anilines is 1. The molecule has 1 saturated carbocycles. The summed E-state index contributed by atoms with van der Waals surface area (Å²) in [6.07, 6.45) is 7.54. The van der Waals surface area contributed by atoms with Crippen molar-refractivity contribution >= 4 is 22.6 Å². The standard InChI is InChI=1S/C26H34N6O2/c1-17-10-27-23-6-5-20(9-22(17)23)12-28-24(33)16-32-18(2)11-29-25(26(32)34)30-13-21-7-8-31(15-21)14-19-3-4-19/h5-6,9-11,19,21,27H,3-4,7-8,12-16H2,1-2H3,(H,28,33)(H,29,30)/t21-/m1/s1. The van der Waals surface area contributed by atoms with Gasteiger partial charge in [0.2, 0.25) is 5.91 Å². The lowest BCUT2D eigenvalue weighted by Crippen LogP contribution is -2.35. The molecule has 0 radical (unpaired) electrons. The number of benzene rings is 1. The Balaban J connectivity index is 1.16. The molecule has 2 aromatic heterocycles. The van der Waals surface area contributed by atoms with Crippen LogP contribution in [0.2, 0.25) is 0 Å². The van der Waals surface area contributed by atoms with Crippen LogP contribution in [0.3, 0.4) is 0 Å². The van der Waals surface area contributed by atoms with Crippen LogP contribution in [0.15, 0.2) is 35.4 Å². The minimum atomic E-state index is -0.243. The van der Waals surface area contributed by atoms with E-state index in [-0.39, 0.29) is 18.0 Å². The largest absolute Gasteiger partial charge is 0.365 e. The third-order valence-corrected chi connectivity index (χ3v) is 7.14. The van der Waals surface area contributed by atoms with Gasteiger partial charge in [-0.25, -0.2) is 4.98 Å². The molecule has 1 atom stereocenters. The number of H-pyrrole nitrogens is 1. The molecule has 1 amide bonds. The lowest BCUT2D eigenvalue weighted by Gasteiger charge is -2.16. The minimum absolute atomic E-state index is 0.0219. The molecule has 1 aliphatic heterocycles. The van der Waals surface area contributed by atoms with Gasteiger partial charge < -0.3 is 20.5 Å². The van der Waals surface area contributed by atoms with Gasteiger partial charge in [-0.2, -0.15) is 0 Å². The maximum absolute atomic E-state index is 13.0. The molecular weight excluding hydrogens is 428 g/mol. The highest BCUT2D eigenvalue weighted by Crippen LogP contribution is 2.31. The highest BCUT2D eigenvalue weighted by atomic mass is 16.2. The molecule has 3 aromatic rings. The summed E-state index contributed by atoms with van der Waals surface area (Å²) in [5.41, 5.74) is 3.71. The lowest BCUT2D eigenvalue weighted by atomic mass is 10.1. The molecule has 2 fully saturated rings. The van der Waals surface area contributed by atoms with E-state index in [1.54, 1.807) is 13.1 Å². The van der Waals surface area contributed by atoms with Crippen molar-refractivity contribution in [3.05, 3.63) is 57.8 Å². The molecule has 0 unspecified atom stereocenters. The third-order valence-electron chi connectivity index (χ3n) is 7.14. The van der Waals surface area contributed by atoms with Gasteiger partial charge in [0.1, 0.15) is 6.54 Å². The average Bonchev–Trinajstić information content (AvgIpc) is 3.41. The number of aromatic nitrogens is 3. The summed E-state index contributed by atoms with van der Waals surface area (Å²) in [5.74, 6) is 1.57. The number of nitrogens with zero attached hydrogens (tertiary/aromatic N) is 3. The number of aromatic amines is 1. The van der Waals surface area contributed by atoms with Gasteiger partial charge in [-0.05, 0) is 74.8 Å². The molecule has 1 saturated heterocycles. The fourth-order valence-electron chi connectivity index (χ4n) is 4.86. The van der Waals surface area contributed by atoms with E-state index in [1.807, 2.05) is 18.3 Å². The Morgan fingerprint density at radius 1 is 1.21 bits per heavy atom. The first-order valence-corrected chi connectivity index (χ1v) is 12.3. The molecule has 8 heteroatoms. The van der Waals surface area contributed by atoms with Gasteiger partial charge >= 0.3 is 0 Å². The second-order valence-electron chi connectivity index (χ2n) is 10.0. The quantitative estimate of drug-likeness (QED) is 0.455. The van der Waals surface area contributed by atoms with E-state index in [0.29, 0.717) is 24.0 Å². The number of likely N-dealkylation sites (tertiary alicyclic amines) is 1. The molecule has 0 bridgehead atoms. The summed E-state index contributed by atoms with van der Waals surface area (Å²) >= 11 is 0. The van der Waals surface area contributed by atoms with Gasteiger partial charge in [0.15, 0.2) is 5.82 Å². The normalized spacial score (nSPS) is 18.5. The number of rotatable bonds is 9. The monoisotopic (exact) mass is 462 g/mol. The Hall–Kier alpha value is -3.13. The molecule has 3 N–H and O–H groups in total. The zero-order valence-corrected chi connectivity index (χ0v) is 20.1. The zero-order valence-electron chi connectivity index (χ0n) is 20.1. The van der Waals surface area contributed by atoms with Gasteiger partial charge in [-0.1, -0.05) is 6.07 Å². The molecule has 2 aliphatic rings. The van der Waals surface area contributed by atoms with Crippen molar-refractivity contribution < 1.29 is 4.79 Å². The van der Waals surface area contributed by atoms with E-state index in [2.05, 4.69) is 38.5 Å². The Morgan fingerprint density at radius 3 is 2.88 bits per heavy atom. The molecule has 5 rings (SSSR count). The number of carbonyl (C=O) groups excluding carboxylic acids is 1. The Morgan fingerprint density at radius 2 is 2.06 bits per heavy atom. The summed E-state index contributed by atoms with van der Waals surface area (Å²) < 4.78 is 1.50. The SMILES string of the molecule is Cc1c[nH]c2ccc(CNC(=O)Cn3c(C)cnc(NC[C@H]4CCN(CC5CC5)C4)c3=O)cc12. The molecule has 0 spiro atoms.